The second-order valence-electron chi connectivity index (χ2n) is 5.06. The first-order valence-electron chi connectivity index (χ1n) is 7.36. The molecule has 1 aromatic carbocycles. The van der Waals surface area contributed by atoms with Crippen molar-refractivity contribution in [2.24, 2.45) is 0 Å². The monoisotopic (exact) mass is 353 g/mol. The van der Waals surface area contributed by atoms with Crippen LogP contribution >= 0.6 is 0 Å². The van der Waals surface area contributed by atoms with Crippen molar-refractivity contribution in [2.75, 3.05) is 19.1 Å². The predicted molar refractivity (Wildman–Crippen MR) is 87.5 cm³/mol. The van der Waals surface area contributed by atoms with Crippen molar-refractivity contribution in [2.45, 2.75) is 6.92 Å². The Balaban J connectivity index is 2.42. The van der Waals surface area contributed by atoms with Crippen LogP contribution in [0.25, 0.3) is 11.1 Å². The molecule has 0 atom stereocenters. The summed E-state index contributed by atoms with van der Waals surface area (Å²) in [5.41, 5.74) is 5.12. The maximum atomic E-state index is 11.6. The number of nitro groups is 1. The van der Waals surface area contributed by atoms with Crippen LogP contribution in [0, 0.1) is 32.8 Å². The van der Waals surface area contributed by atoms with E-state index in [-0.39, 0.29) is 64.5 Å². The smallest absolute Gasteiger partial charge is 0.281 e. The Hall–Kier alpha value is -4.05. The molecule has 10 heteroatoms. The number of nitro benzene ring substituents is 1. The van der Waals surface area contributed by atoms with Gasteiger partial charge in [-0.2, -0.15) is 15.5 Å². The Kier molecular flexibility index (Phi) is 4.17. The van der Waals surface area contributed by atoms with Crippen LogP contribution < -0.4 is 19.9 Å². The van der Waals surface area contributed by atoms with E-state index >= 15 is 0 Å². The zero-order valence-corrected chi connectivity index (χ0v) is 13.5. The van der Waals surface area contributed by atoms with Gasteiger partial charge >= 0.3 is 0 Å². The number of rotatable bonds is 4. The summed E-state index contributed by atoms with van der Waals surface area (Å²) in [6.07, 6.45) is 0. The minimum absolute atomic E-state index is 0.0117. The highest BCUT2D eigenvalue weighted by Crippen LogP contribution is 2.45. The molecule has 0 amide bonds. The van der Waals surface area contributed by atoms with Gasteiger partial charge in [-0.1, -0.05) is 0 Å². The number of nitrogen functional groups attached to an aromatic ring is 1. The van der Waals surface area contributed by atoms with E-state index in [0.717, 1.165) is 0 Å². The molecule has 0 aliphatic carbocycles. The van der Waals surface area contributed by atoms with Crippen molar-refractivity contribution >= 4 is 11.5 Å². The highest BCUT2D eigenvalue weighted by molar-refractivity contribution is 5.88. The van der Waals surface area contributed by atoms with Gasteiger partial charge in [0.25, 0.3) is 5.69 Å². The third-order valence-corrected chi connectivity index (χ3v) is 3.65. The number of fused-ring (bicyclic) bond motifs is 1. The van der Waals surface area contributed by atoms with Crippen molar-refractivity contribution in [3.63, 3.8) is 0 Å². The fraction of sp³-hybridized carbons (Fsp3) is 0.188. The molecule has 0 fully saturated rings. The molecule has 2 heterocycles. The van der Waals surface area contributed by atoms with Crippen molar-refractivity contribution in [1.29, 1.82) is 10.5 Å². The minimum atomic E-state index is -0.642. The molecule has 3 rings (SSSR count). The first-order chi connectivity index (χ1) is 12.5. The normalized spacial score (nSPS) is 11.5. The van der Waals surface area contributed by atoms with E-state index in [4.69, 9.17) is 19.9 Å². The summed E-state index contributed by atoms with van der Waals surface area (Å²) in [7, 11) is 0. The predicted octanol–water partition coefficient (Wildman–Crippen LogP) is 2.11. The summed E-state index contributed by atoms with van der Waals surface area (Å²) in [5.74, 6) is 0.154. The van der Waals surface area contributed by atoms with E-state index in [9.17, 15) is 20.6 Å². The van der Waals surface area contributed by atoms with Gasteiger partial charge in [0.05, 0.1) is 23.2 Å². The molecule has 0 bridgehead atoms. The number of nitrogens with two attached hydrogens (primary N) is 1. The Morgan fingerprint density at radius 1 is 1.31 bits per heavy atom. The van der Waals surface area contributed by atoms with Crippen LogP contribution in [0.5, 0.6) is 17.4 Å². The van der Waals surface area contributed by atoms with Crippen molar-refractivity contribution < 1.29 is 19.1 Å². The average molecular weight is 353 g/mol. The van der Waals surface area contributed by atoms with Gasteiger partial charge in [0.2, 0.25) is 12.7 Å². The fourth-order valence-corrected chi connectivity index (χ4v) is 2.59. The lowest BCUT2D eigenvalue weighted by Crippen LogP contribution is -2.06. The maximum Gasteiger partial charge on any atom is 0.281 e. The zero-order valence-electron chi connectivity index (χ0n) is 13.5. The molecule has 26 heavy (non-hydrogen) atoms. The summed E-state index contributed by atoms with van der Waals surface area (Å²) in [4.78, 5) is 14.8. The Morgan fingerprint density at radius 2 is 1.96 bits per heavy atom. The molecule has 0 radical (unpaired) electrons. The number of hydrogen-bond acceptors (Lipinski definition) is 9. The first kappa shape index (κ1) is 16.8. The van der Waals surface area contributed by atoms with E-state index in [0.29, 0.717) is 0 Å². The summed E-state index contributed by atoms with van der Waals surface area (Å²) < 4.78 is 15.7. The van der Waals surface area contributed by atoms with Crippen LogP contribution in [-0.4, -0.2) is 23.3 Å². The SMILES string of the molecule is CCOc1nc(N)c(C#N)c(-c2cc3c(cc2[N+](=O)[O-])OCO3)c1C#N. The molecular formula is C16H11N5O5. The van der Waals surface area contributed by atoms with Crippen LogP contribution in [0.2, 0.25) is 0 Å². The molecule has 1 aliphatic rings. The molecule has 2 aromatic rings. The summed E-state index contributed by atoms with van der Waals surface area (Å²) in [6.45, 7) is 1.78. The Morgan fingerprint density at radius 3 is 2.54 bits per heavy atom. The molecule has 0 saturated heterocycles. The zero-order chi connectivity index (χ0) is 18.8. The highest BCUT2D eigenvalue weighted by Gasteiger charge is 2.30. The fourth-order valence-electron chi connectivity index (χ4n) is 2.59. The second-order valence-corrected chi connectivity index (χ2v) is 5.06. The second kappa shape index (κ2) is 6.45. The van der Waals surface area contributed by atoms with Gasteiger partial charge < -0.3 is 19.9 Å². The van der Waals surface area contributed by atoms with E-state index in [1.54, 1.807) is 6.92 Å². The molecular weight excluding hydrogens is 342 g/mol. The largest absolute Gasteiger partial charge is 0.477 e. The lowest BCUT2D eigenvalue weighted by atomic mass is 9.94. The lowest BCUT2D eigenvalue weighted by Gasteiger charge is -2.13. The van der Waals surface area contributed by atoms with Crippen LogP contribution in [0.3, 0.4) is 0 Å². The van der Waals surface area contributed by atoms with Gasteiger partial charge in [0.15, 0.2) is 11.5 Å². The van der Waals surface area contributed by atoms with Gasteiger partial charge in [-0.05, 0) is 13.0 Å². The number of ether oxygens (including phenoxy) is 3. The number of nitrogens with zero attached hydrogens (tertiary/aromatic N) is 4. The van der Waals surface area contributed by atoms with Gasteiger partial charge in [-0.3, -0.25) is 10.1 Å². The topological polar surface area (TPSA) is 157 Å². The minimum Gasteiger partial charge on any atom is -0.477 e. The van der Waals surface area contributed by atoms with E-state index < -0.39 is 4.92 Å². The number of benzene rings is 1. The van der Waals surface area contributed by atoms with Gasteiger partial charge in [-0.25, -0.2) is 0 Å². The molecule has 130 valence electrons. The van der Waals surface area contributed by atoms with E-state index in [1.807, 2.05) is 12.1 Å². The van der Waals surface area contributed by atoms with Crippen molar-refractivity contribution in [3.8, 4) is 40.6 Å². The number of pyridine rings is 1. The molecule has 1 aliphatic heterocycles. The lowest BCUT2D eigenvalue weighted by molar-refractivity contribution is -0.384. The molecule has 0 saturated carbocycles. The molecule has 0 unspecified atom stereocenters. The number of anilines is 1. The summed E-state index contributed by atoms with van der Waals surface area (Å²) in [6, 6.07) is 6.26. The van der Waals surface area contributed by atoms with E-state index in [1.165, 1.54) is 12.1 Å². The summed E-state index contributed by atoms with van der Waals surface area (Å²) in [5, 5.41) is 30.6. The quantitative estimate of drug-likeness (QED) is 0.641. The molecule has 2 N–H and O–H groups in total. The molecule has 1 aromatic heterocycles. The summed E-state index contributed by atoms with van der Waals surface area (Å²) >= 11 is 0. The van der Waals surface area contributed by atoms with E-state index in [2.05, 4.69) is 4.98 Å². The number of hydrogen-bond donors (Lipinski definition) is 1. The van der Waals surface area contributed by atoms with Gasteiger partial charge in [0, 0.05) is 5.56 Å². The third-order valence-electron chi connectivity index (χ3n) is 3.65. The number of nitriles is 2. The molecule has 0 spiro atoms. The van der Waals surface area contributed by atoms with Crippen LogP contribution in [0.1, 0.15) is 18.1 Å². The maximum absolute atomic E-state index is 11.6. The van der Waals surface area contributed by atoms with Crippen LogP contribution in [0.15, 0.2) is 12.1 Å². The third kappa shape index (κ3) is 2.56. The first-order valence-corrected chi connectivity index (χ1v) is 7.36. The Bertz CT molecular complexity index is 1010. The Labute approximate surface area is 147 Å². The van der Waals surface area contributed by atoms with Crippen LogP contribution in [0.4, 0.5) is 11.5 Å². The standard InChI is InChI=1S/C16H11N5O5/c1-2-24-16-10(6-18)14(9(5-17)15(19)20-16)8-3-12-13(26-7-25-12)4-11(8)21(22)23/h3-4H,2,7H2,1H3,(H2,19,20). The number of aromatic nitrogens is 1. The average Bonchev–Trinajstić information content (AvgIpc) is 3.07. The van der Waals surface area contributed by atoms with Gasteiger partial charge in [0.1, 0.15) is 29.1 Å². The highest BCUT2D eigenvalue weighted by atomic mass is 16.7. The van der Waals surface area contributed by atoms with Crippen molar-refractivity contribution in [3.05, 3.63) is 33.4 Å². The van der Waals surface area contributed by atoms with Crippen molar-refractivity contribution in [1.82, 2.24) is 4.98 Å². The van der Waals surface area contributed by atoms with Gasteiger partial charge in [-0.15, -0.1) is 0 Å². The molecule has 10 nitrogen and oxygen atoms in total. The van der Waals surface area contributed by atoms with Crippen LogP contribution in [-0.2, 0) is 0 Å².